The largest absolute Gasteiger partial charge is 0.435 e. The van der Waals surface area contributed by atoms with E-state index in [-0.39, 0.29) is 10.7 Å². The first-order chi connectivity index (χ1) is 10.7. The highest BCUT2D eigenvalue weighted by Crippen LogP contribution is 2.28. The molecule has 11 heteroatoms. The van der Waals surface area contributed by atoms with Gasteiger partial charge in [0.05, 0.1) is 4.92 Å². The summed E-state index contributed by atoms with van der Waals surface area (Å²) in [5.41, 5.74) is -1.68. The van der Waals surface area contributed by atoms with E-state index in [1.54, 1.807) is 0 Å². The van der Waals surface area contributed by atoms with Gasteiger partial charge in [-0.1, -0.05) is 11.6 Å². The normalized spacial score (nSPS) is 11.3. The number of hydrogen-bond donors (Lipinski definition) is 1. The summed E-state index contributed by atoms with van der Waals surface area (Å²) in [6.07, 6.45) is -3.63. The molecule has 0 atom stereocenters. The van der Waals surface area contributed by atoms with Gasteiger partial charge in [0.1, 0.15) is 12.2 Å². The van der Waals surface area contributed by atoms with Crippen molar-refractivity contribution in [2.75, 3.05) is 5.32 Å². The van der Waals surface area contributed by atoms with Crippen molar-refractivity contribution in [3.05, 3.63) is 51.3 Å². The van der Waals surface area contributed by atoms with Gasteiger partial charge in [-0.05, 0) is 18.2 Å². The van der Waals surface area contributed by atoms with Crippen LogP contribution in [0.1, 0.15) is 5.69 Å². The van der Waals surface area contributed by atoms with Crippen LogP contribution in [-0.4, -0.2) is 20.6 Å². The molecule has 0 bridgehead atoms. The molecular weight excluding hydrogens is 341 g/mol. The molecule has 0 unspecified atom stereocenters. The molecule has 0 saturated heterocycles. The third kappa shape index (κ3) is 4.19. The fourth-order valence-corrected chi connectivity index (χ4v) is 1.87. The number of nitro benzene ring substituents is 1. The fraction of sp³-hybridized carbons (Fsp3) is 0.167. The number of rotatable bonds is 4. The Morgan fingerprint density at radius 2 is 2.09 bits per heavy atom. The van der Waals surface area contributed by atoms with Crippen LogP contribution in [0.15, 0.2) is 30.5 Å². The summed E-state index contributed by atoms with van der Waals surface area (Å²) in [4.78, 5) is 21.9. The average Bonchev–Trinajstić information content (AvgIpc) is 2.89. The van der Waals surface area contributed by atoms with Crippen molar-refractivity contribution < 1.29 is 22.9 Å². The molecule has 0 spiro atoms. The van der Waals surface area contributed by atoms with Crippen LogP contribution in [0.3, 0.4) is 0 Å². The summed E-state index contributed by atoms with van der Waals surface area (Å²) in [5, 5.41) is 16.4. The standard InChI is InChI=1S/C12H8ClF3N4O3/c13-7-1-2-8(9(5-7)20(22)23)17-11(21)6-19-4-3-10(18-19)12(14,15)16/h1-5H,6H2,(H,17,21). The molecule has 0 aliphatic heterocycles. The van der Waals surface area contributed by atoms with Crippen molar-refractivity contribution >= 4 is 28.9 Å². The summed E-state index contributed by atoms with van der Waals surface area (Å²) in [6.45, 7) is -0.532. The predicted molar refractivity (Wildman–Crippen MR) is 74.0 cm³/mol. The van der Waals surface area contributed by atoms with Crippen molar-refractivity contribution in [2.45, 2.75) is 12.7 Å². The number of carbonyl (C=O) groups is 1. The highest BCUT2D eigenvalue weighted by Gasteiger charge is 2.33. The van der Waals surface area contributed by atoms with E-state index >= 15 is 0 Å². The first kappa shape index (κ1) is 16.7. The molecule has 0 aliphatic carbocycles. The predicted octanol–water partition coefficient (Wildman–Crippen LogP) is 3.10. The molecule has 0 aliphatic rings. The Morgan fingerprint density at radius 3 is 2.65 bits per heavy atom. The summed E-state index contributed by atoms with van der Waals surface area (Å²) in [7, 11) is 0. The zero-order valence-corrected chi connectivity index (χ0v) is 11.9. The number of nitrogens with one attached hydrogen (secondary N) is 1. The molecule has 2 aromatic rings. The zero-order chi connectivity index (χ0) is 17.2. The van der Waals surface area contributed by atoms with Gasteiger partial charge in [-0.15, -0.1) is 0 Å². The zero-order valence-electron chi connectivity index (χ0n) is 11.2. The van der Waals surface area contributed by atoms with E-state index in [1.807, 2.05) is 0 Å². The van der Waals surface area contributed by atoms with Crippen molar-refractivity contribution in [3.8, 4) is 0 Å². The smallest absolute Gasteiger partial charge is 0.319 e. The van der Waals surface area contributed by atoms with Crippen molar-refractivity contribution in [1.29, 1.82) is 0 Å². The lowest BCUT2D eigenvalue weighted by molar-refractivity contribution is -0.383. The van der Waals surface area contributed by atoms with Gasteiger partial charge in [-0.3, -0.25) is 19.6 Å². The van der Waals surface area contributed by atoms with E-state index in [2.05, 4.69) is 10.4 Å². The Hall–Kier alpha value is -2.62. The number of alkyl halides is 3. The molecule has 0 saturated carbocycles. The van der Waals surface area contributed by atoms with Gasteiger partial charge in [0.25, 0.3) is 5.69 Å². The molecule has 1 amide bonds. The first-order valence-electron chi connectivity index (χ1n) is 6.01. The summed E-state index contributed by atoms with van der Waals surface area (Å²) >= 11 is 5.63. The SMILES string of the molecule is O=C(Cn1ccc(C(F)(F)F)n1)Nc1ccc(Cl)cc1[N+](=O)[O-]. The number of aromatic nitrogens is 2. The lowest BCUT2D eigenvalue weighted by Gasteiger charge is -2.07. The molecule has 0 fully saturated rings. The topological polar surface area (TPSA) is 90.1 Å². The van der Waals surface area contributed by atoms with Crippen LogP contribution in [0.5, 0.6) is 0 Å². The second kappa shape index (κ2) is 6.24. The fourth-order valence-electron chi connectivity index (χ4n) is 1.70. The molecule has 2 rings (SSSR count). The van der Waals surface area contributed by atoms with E-state index in [1.165, 1.54) is 12.1 Å². The van der Waals surface area contributed by atoms with Crippen LogP contribution in [0.4, 0.5) is 24.5 Å². The number of halogens is 4. The van der Waals surface area contributed by atoms with Crippen LogP contribution < -0.4 is 5.32 Å². The number of nitrogens with zero attached hydrogens (tertiary/aromatic N) is 3. The second-order valence-electron chi connectivity index (χ2n) is 4.36. The van der Waals surface area contributed by atoms with E-state index in [0.717, 1.165) is 23.0 Å². The molecule has 23 heavy (non-hydrogen) atoms. The minimum atomic E-state index is -4.61. The number of carbonyl (C=O) groups excluding carboxylic acids is 1. The van der Waals surface area contributed by atoms with Crippen LogP contribution in [0.2, 0.25) is 5.02 Å². The van der Waals surface area contributed by atoms with E-state index in [4.69, 9.17) is 11.6 Å². The average molecular weight is 349 g/mol. The van der Waals surface area contributed by atoms with Gasteiger partial charge >= 0.3 is 6.18 Å². The third-order valence-electron chi connectivity index (χ3n) is 2.67. The molecule has 0 radical (unpaired) electrons. The second-order valence-corrected chi connectivity index (χ2v) is 4.80. The minimum Gasteiger partial charge on any atom is -0.319 e. The molecule has 1 N–H and O–H groups in total. The van der Waals surface area contributed by atoms with Crippen molar-refractivity contribution in [2.24, 2.45) is 0 Å². The number of benzene rings is 1. The van der Waals surface area contributed by atoms with Crippen LogP contribution in [0.25, 0.3) is 0 Å². The molecule has 1 aromatic carbocycles. The summed E-state index contributed by atoms with van der Waals surface area (Å²) in [6, 6.07) is 4.33. The Morgan fingerprint density at radius 1 is 1.39 bits per heavy atom. The number of nitro groups is 1. The quantitative estimate of drug-likeness (QED) is 0.679. The lowest BCUT2D eigenvalue weighted by atomic mass is 10.2. The molecule has 122 valence electrons. The number of hydrogen-bond acceptors (Lipinski definition) is 4. The Labute approximate surface area is 131 Å². The maximum absolute atomic E-state index is 12.4. The maximum Gasteiger partial charge on any atom is 0.435 e. The maximum atomic E-state index is 12.4. The van der Waals surface area contributed by atoms with Crippen LogP contribution in [-0.2, 0) is 17.5 Å². The van der Waals surface area contributed by atoms with Gasteiger partial charge in [-0.25, -0.2) is 0 Å². The summed E-state index contributed by atoms with van der Waals surface area (Å²) < 4.78 is 38.0. The van der Waals surface area contributed by atoms with E-state index < -0.39 is 34.9 Å². The van der Waals surface area contributed by atoms with E-state index in [0.29, 0.717) is 0 Å². The highest BCUT2D eigenvalue weighted by atomic mass is 35.5. The Bertz CT molecular complexity index is 760. The molecule has 7 nitrogen and oxygen atoms in total. The minimum absolute atomic E-state index is 0.108. The molecular formula is C12H8ClF3N4O3. The highest BCUT2D eigenvalue weighted by molar-refractivity contribution is 6.31. The van der Waals surface area contributed by atoms with Gasteiger partial charge in [-0.2, -0.15) is 18.3 Å². The Kier molecular flexibility index (Phi) is 4.55. The summed E-state index contributed by atoms with van der Waals surface area (Å²) in [5.74, 6) is -0.771. The number of amides is 1. The molecule has 1 aromatic heterocycles. The lowest BCUT2D eigenvalue weighted by Crippen LogP contribution is -2.20. The van der Waals surface area contributed by atoms with Crippen LogP contribution in [0, 0.1) is 10.1 Å². The van der Waals surface area contributed by atoms with Gasteiger partial charge in [0.15, 0.2) is 5.69 Å². The molecule has 1 heterocycles. The van der Waals surface area contributed by atoms with Crippen molar-refractivity contribution in [3.63, 3.8) is 0 Å². The monoisotopic (exact) mass is 348 g/mol. The van der Waals surface area contributed by atoms with Crippen molar-refractivity contribution in [1.82, 2.24) is 9.78 Å². The Balaban J connectivity index is 2.11. The first-order valence-corrected chi connectivity index (χ1v) is 6.39. The van der Waals surface area contributed by atoms with Gasteiger partial charge < -0.3 is 5.32 Å². The third-order valence-corrected chi connectivity index (χ3v) is 2.90. The van der Waals surface area contributed by atoms with Crippen LogP contribution >= 0.6 is 11.6 Å². The van der Waals surface area contributed by atoms with Gasteiger partial charge in [0, 0.05) is 17.3 Å². The van der Waals surface area contributed by atoms with E-state index in [9.17, 15) is 28.1 Å². The number of anilines is 1. The van der Waals surface area contributed by atoms with Gasteiger partial charge in [0.2, 0.25) is 5.91 Å².